The first-order valence-corrected chi connectivity index (χ1v) is 11.1. The van der Waals surface area contributed by atoms with Crippen LogP contribution in [0.15, 0.2) is 48.5 Å². The lowest BCUT2D eigenvalue weighted by molar-refractivity contribution is -0.132. The van der Waals surface area contributed by atoms with Crippen LogP contribution in [-0.2, 0) is 11.2 Å². The van der Waals surface area contributed by atoms with Crippen LogP contribution in [0.2, 0.25) is 0 Å². The predicted octanol–water partition coefficient (Wildman–Crippen LogP) is 3.46. The van der Waals surface area contributed by atoms with Gasteiger partial charge < -0.3 is 14.4 Å². The number of piperazine rings is 1. The van der Waals surface area contributed by atoms with Gasteiger partial charge in [0.15, 0.2) is 0 Å². The van der Waals surface area contributed by atoms with Gasteiger partial charge in [-0.25, -0.2) is 4.98 Å². The standard InChI is InChI=1S/C23H27N3O3S/c1-28-18-6-8-19(9-7-18)29-17-16-25-12-14-26(15-13-25)23(27)11-10-22-24-20-4-2-3-5-21(20)30-22/h2-9H,10-17H2,1H3. The van der Waals surface area contributed by atoms with E-state index < -0.39 is 0 Å². The number of ether oxygens (including phenoxy) is 2. The maximum Gasteiger partial charge on any atom is 0.223 e. The summed E-state index contributed by atoms with van der Waals surface area (Å²) in [7, 11) is 1.65. The van der Waals surface area contributed by atoms with Crippen molar-refractivity contribution in [3.05, 3.63) is 53.5 Å². The lowest BCUT2D eigenvalue weighted by Crippen LogP contribution is -2.49. The Morgan fingerprint density at radius 3 is 2.50 bits per heavy atom. The fourth-order valence-electron chi connectivity index (χ4n) is 3.58. The smallest absolute Gasteiger partial charge is 0.223 e. The molecule has 0 radical (unpaired) electrons. The highest BCUT2D eigenvalue weighted by molar-refractivity contribution is 7.18. The van der Waals surface area contributed by atoms with E-state index in [0.717, 1.165) is 54.7 Å². The molecule has 7 heteroatoms. The Labute approximate surface area is 181 Å². The number of fused-ring (bicyclic) bond motifs is 1. The largest absolute Gasteiger partial charge is 0.497 e. The molecule has 1 amide bonds. The van der Waals surface area contributed by atoms with Gasteiger partial charge in [0.2, 0.25) is 5.91 Å². The topological polar surface area (TPSA) is 54.9 Å². The van der Waals surface area contributed by atoms with Crippen LogP contribution in [0.5, 0.6) is 11.5 Å². The van der Waals surface area contributed by atoms with Crippen molar-refractivity contribution in [2.24, 2.45) is 0 Å². The predicted molar refractivity (Wildman–Crippen MR) is 119 cm³/mol. The van der Waals surface area contributed by atoms with E-state index >= 15 is 0 Å². The van der Waals surface area contributed by atoms with E-state index in [1.165, 1.54) is 4.70 Å². The van der Waals surface area contributed by atoms with Crippen molar-refractivity contribution in [1.29, 1.82) is 0 Å². The average Bonchev–Trinajstić information content (AvgIpc) is 3.21. The summed E-state index contributed by atoms with van der Waals surface area (Å²) in [4.78, 5) is 21.6. The van der Waals surface area contributed by atoms with E-state index in [0.29, 0.717) is 19.4 Å². The second-order valence-electron chi connectivity index (χ2n) is 7.32. The van der Waals surface area contributed by atoms with Crippen LogP contribution in [-0.4, -0.2) is 67.1 Å². The first-order valence-electron chi connectivity index (χ1n) is 10.3. The number of aromatic nitrogens is 1. The van der Waals surface area contributed by atoms with Crippen molar-refractivity contribution in [3.8, 4) is 11.5 Å². The van der Waals surface area contributed by atoms with Crippen molar-refractivity contribution >= 4 is 27.5 Å². The fraction of sp³-hybridized carbons (Fsp3) is 0.391. The number of carbonyl (C=O) groups is 1. The Balaban J connectivity index is 1.16. The van der Waals surface area contributed by atoms with Gasteiger partial charge in [-0.1, -0.05) is 12.1 Å². The number of para-hydroxylation sites is 1. The molecule has 0 atom stereocenters. The molecule has 0 saturated carbocycles. The number of hydrogen-bond acceptors (Lipinski definition) is 6. The molecule has 1 aromatic heterocycles. The van der Waals surface area contributed by atoms with E-state index in [-0.39, 0.29) is 5.91 Å². The summed E-state index contributed by atoms with van der Waals surface area (Å²) in [6.07, 6.45) is 1.24. The Hall–Kier alpha value is -2.64. The fourth-order valence-corrected chi connectivity index (χ4v) is 4.55. The van der Waals surface area contributed by atoms with Crippen molar-refractivity contribution < 1.29 is 14.3 Å². The molecule has 3 aromatic rings. The van der Waals surface area contributed by atoms with E-state index in [4.69, 9.17) is 9.47 Å². The lowest BCUT2D eigenvalue weighted by atomic mass is 10.2. The van der Waals surface area contributed by atoms with Gasteiger partial charge >= 0.3 is 0 Å². The van der Waals surface area contributed by atoms with Gasteiger partial charge in [0, 0.05) is 45.6 Å². The zero-order valence-electron chi connectivity index (χ0n) is 17.3. The molecule has 2 heterocycles. The van der Waals surface area contributed by atoms with Crippen molar-refractivity contribution in [2.45, 2.75) is 12.8 Å². The molecule has 1 aliphatic heterocycles. The third-order valence-electron chi connectivity index (χ3n) is 5.35. The van der Waals surface area contributed by atoms with Gasteiger partial charge in [0.1, 0.15) is 18.1 Å². The van der Waals surface area contributed by atoms with Crippen LogP contribution < -0.4 is 9.47 Å². The Morgan fingerprint density at radius 2 is 1.77 bits per heavy atom. The van der Waals surface area contributed by atoms with Crippen LogP contribution in [0.25, 0.3) is 10.2 Å². The zero-order chi connectivity index (χ0) is 20.8. The number of aryl methyl sites for hydroxylation is 1. The Kier molecular flexibility index (Phi) is 6.81. The summed E-state index contributed by atoms with van der Waals surface area (Å²) in [6, 6.07) is 15.8. The molecule has 1 aliphatic rings. The van der Waals surface area contributed by atoms with Gasteiger partial charge in [0.05, 0.1) is 22.3 Å². The third kappa shape index (κ3) is 5.29. The van der Waals surface area contributed by atoms with Crippen LogP contribution in [0, 0.1) is 0 Å². The SMILES string of the molecule is COc1ccc(OCCN2CCN(C(=O)CCc3nc4ccccc4s3)CC2)cc1. The normalized spacial score (nSPS) is 14.8. The van der Waals surface area contributed by atoms with Crippen LogP contribution in [0.1, 0.15) is 11.4 Å². The maximum absolute atomic E-state index is 12.6. The summed E-state index contributed by atoms with van der Waals surface area (Å²) in [5.41, 5.74) is 1.02. The molecule has 0 bridgehead atoms. The van der Waals surface area contributed by atoms with E-state index in [9.17, 15) is 4.79 Å². The van der Waals surface area contributed by atoms with Gasteiger partial charge in [-0.05, 0) is 36.4 Å². The van der Waals surface area contributed by atoms with Gasteiger partial charge in [0.25, 0.3) is 0 Å². The van der Waals surface area contributed by atoms with Gasteiger partial charge in [-0.15, -0.1) is 11.3 Å². The van der Waals surface area contributed by atoms with E-state index in [1.807, 2.05) is 47.4 Å². The number of benzene rings is 2. The minimum atomic E-state index is 0.225. The highest BCUT2D eigenvalue weighted by Gasteiger charge is 2.21. The average molecular weight is 426 g/mol. The highest BCUT2D eigenvalue weighted by Crippen LogP contribution is 2.22. The minimum Gasteiger partial charge on any atom is -0.497 e. The second kappa shape index (κ2) is 9.91. The number of amides is 1. The van der Waals surface area contributed by atoms with Gasteiger partial charge in [-0.2, -0.15) is 0 Å². The minimum absolute atomic E-state index is 0.225. The molecule has 1 fully saturated rings. The number of carbonyl (C=O) groups excluding carboxylic acids is 1. The molecule has 0 N–H and O–H groups in total. The number of methoxy groups -OCH3 is 1. The van der Waals surface area contributed by atoms with E-state index in [2.05, 4.69) is 16.0 Å². The lowest BCUT2D eigenvalue weighted by Gasteiger charge is -2.34. The van der Waals surface area contributed by atoms with Crippen molar-refractivity contribution in [2.75, 3.05) is 46.4 Å². The number of nitrogens with zero attached hydrogens (tertiary/aromatic N) is 3. The molecule has 6 nitrogen and oxygen atoms in total. The van der Waals surface area contributed by atoms with Crippen molar-refractivity contribution in [1.82, 2.24) is 14.8 Å². The maximum atomic E-state index is 12.6. The zero-order valence-corrected chi connectivity index (χ0v) is 18.1. The summed E-state index contributed by atoms with van der Waals surface area (Å²) in [6.45, 7) is 4.83. The molecule has 2 aromatic carbocycles. The van der Waals surface area contributed by atoms with Crippen LogP contribution in [0.4, 0.5) is 0 Å². The number of hydrogen-bond donors (Lipinski definition) is 0. The number of thiazole rings is 1. The molecule has 0 unspecified atom stereocenters. The van der Waals surface area contributed by atoms with Gasteiger partial charge in [-0.3, -0.25) is 9.69 Å². The Morgan fingerprint density at radius 1 is 1.03 bits per heavy atom. The first-order chi connectivity index (χ1) is 14.7. The number of rotatable bonds is 8. The molecule has 1 saturated heterocycles. The van der Waals surface area contributed by atoms with E-state index in [1.54, 1.807) is 18.4 Å². The molecule has 0 aliphatic carbocycles. The summed E-state index contributed by atoms with van der Waals surface area (Å²) in [5, 5.41) is 1.04. The van der Waals surface area contributed by atoms with Crippen LogP contribution in [0.3, 0.4) is 0 Å². The third-order valence-corrected chi connectivity index (χ3v) is 6.45. The molecule has 0 spiro atoms. The molecular formula is C23H27N3O3S. The quantitative estimate of drug-likeness (QED) is 0.553. The Bertz CT molecular complexity index is 932. The summed E-state index contributed by atoms with van der Waals surface area (Å²) < 4.78 is 12.2. The molecule has 4 rings (SSSR count). The highest BCUT2D eigenvalue weighted by atomic mass is 32.1. The second-order valence-corrected chi connectivity index (χ2v) is 8.44. The first kappa shape index (κ1) is 20.6. The molecule has 158 valence electrons. The summed E-state index contributed by atoms with van der Waals surface area (Å²) in [5.74, 6) is 1.90. The molecule has 30 heavy (non-hydrogen) atoms. The monoisotopic (exact) mass is 425 g/mol. The molecular weight excluding hydrogens is 398 g/mol. The van der Waals surface area contributed by atoms with Crippen molar-refractivity contribution in [3.63, 3.8) is 0 Å². The van der Waals surface area contributed by atoms with Crippen LogP contribution >= 0.6 is 11.3 Å². The summed E-state index contributed by atoms with van der Waals surface area (Å²) >= 11 is 1.68.